The fraction of sp³-hybridized carbons (Fsp3) is 0.0625. The van der Waals surface area contributed by atoms with Gasteiger partial charge in [-0.05, 0) is 43.3 Å². The molecule has 0 aliphatic heterocycles. The van der Waals surface area contributed by atoms with Gasteiger partial charge in [0.05, 0.1) is 5.69 Å². The number of carbonyl (C=O) groups is 1. The lowest BCUT2D eigenvalue weighted by molar-refractivity contribution is 0.0997. The molecule has 1 aromatic heterocycles. The molecule has 0 saturated carbocycles. The van der Waals surface area contributed by atoms with Gasteiger partial charge in [-0.15, -0.1) is 0 Å². The average Bonchev–Trinajstić information content (AvgIpc) is 2.79. The van der Waals surface area contributed by atoms with Crippen molar-refractivity contribution in [2.24, 2.45) is 0 Å². The van der Waals surface area contributed by atoms with Gasteiger partial charge in [0.25, 0.3) is 5.91 Å². The number of nitrogens with one attached hydrogen (secondary N) is 1. The summed E-state index contributed by atoms with van der Waals surface area (Å²) < 4.78 is 19.9. The monoisotopic (exact) mass is 381 g/mol. The third-order valence-corrected chi connectivity index (χ3v) is 4.01. The number of rotatable bonds is 2. The van der Waals surface area contributed by atoms with Crippen LogP contribution in [0.3, 0.4) is 0 Å². The molecule has 3 nitrogen and oxygen atoms in total. The molecule has 0 bridgehead atoms. The van der Waals surface area contributed by atoms with Crippen LogP contribution in [-0.4, -0.2) is 5.91 Å². The Morgan fingerprint density at radius 3 is 2.77 bits per heavy atom. The summed E-state index contributed by atoms with van der Waals surface area (Å²) in [5.74, 6) is -0.898. The van der Waals surface area contributed by atoms with Crippen LogP contribution in [0.1, 0.15) is 16.1 Å². The molecule has 3 aromatic rings. The smallest absolute Gasteiger partial charge is 0.291 e. The minimum Gasteiger partial charge on any atom is -0.451 e. The van der Waals surface area contributed by atoms with Gasteiger partial charge in [-0.1, -0.05) is 27.5 Å². The topological polar surface area (TPSA) is 42.2 Å². The van der Waals surface area contributed by atoms with E-state index < -0.39 is 11.7 Å². The van der Waals surface area contributed by atoms with E-state index in [1.807, 2.05) is 0 Å². The summed E-state index contributed by atoms with van der Waals surface area (Å²) in [7, 11) is 0. The number of hydrogen-bond donors (Lipinski definition) is 1. The van der Waals surface area contributed by atoms with Crippen LogP contribution in [0.4, 0.5) is 10.1 Å². The fourth-order valence-electron chi connectivity index (χ4n) is 2.18. The van der Waals surface area contributed by atoms with Gasteiger partial charge < -0.3 is 9.73 Å². The van der Waals surface area contributed by atoms with Gasteiger partial charge in [-0.25, -0.2) is 4.39 Å². The summed E-state index contributed by atoms with van der Waals surface area (Å²) in [5.41, 5.74) is 1.31. The predicted molar refractivity (Wildman–Crippen MR) is 88.0 cm³/mol. The number of anilines is 1. The zero-order valence-electron chi connectivity index (χ0n) is 11.4. The lowest BCUT2D eigenvalue weighted by atomic mass is 10.1. The normalized spacial score (nSPS) is 10.9. The van der Waals surface area contributed by atoms with Gasteiger partial charge in [-0.3, -0.25) is 4.79 Å². The Labute approximate surface area is 139 Å². The predicted octanol–water partition coefficient (Wildman–Crippen LogP) is 5.55. The first kappa shape index (κ1) is 15.1. The van der Waals surface area contributed by atoms with Crippen molar-refractivity contribution in [2.75, 3.05) is 5.32 Å². The van der Waals surface area contributed by atoms with Crippen molar-refractivity contribution in [3.8, 4) is 0 Å². The first-order chi connectivity index (χ1) is 10.5. The van der Waals surface area contributed by atoms with E-state index in [2.05, 4.69) is 21.2 Å². The van der Waals surface area contributed by atoms with Crippen molar-refractivity contribution in [3.63, 3.8) is 0 Å². The molecule has 0 saturated heterocycles. The van der Waals surface area contributed by atoms with E-state index in [0.717, 1.165) is 5.39 Å². The van der Waals surface area contributed by atoms with E-state index in [1.165, 1.54) is 12.1 Å². The maximum Gasteiger partial charge on any atom is 0.291 e. The molecule has 1 N–H and O–H groups in total. The Kier molecular flexibility index (Phi) is 3.93. The van der Waals surface area contributed by atoms with Gasteiger partial charge >= 0.3 is 0 Å². The first-order valence-electron chi connectivity index (χ1n) is 6.41. The molecule has 22 heavy (non-hydrogen) atoms. The summed E-state index contributed by atoms with van der Waals surface area (Å²) in [6, 6.07) is 9.51. The average molecular weight is 383 g/mol. The second kappa shape index (κ2) is 5.74. The highest BCUT2D eigenvalue weighted by molar-refractivity contribution is 9.10. The van der Waals surface area contributed by atoms with Crippen LogP contribution >= 0.6 is 27.5 Å². The third-order valence-electron chi connectivity index (χ3n) is 3.28. The minimum atomic E-state index is -0.528. The first-order valence-corrected chi connectivity index (χ1v) is 7.58. The largest absolute Gasteiger partial charge is 0.451 e. The molecule has 6 heteroatoms. The summed E-state index contributed by atoms with van der Waals surface area (Å²) in [6.45, 7) is 1.76. The molecule has 3 rings (SSSR count). The molecule has 0 unspecified atom stereocenters. The van der Waals surface area contributed by atoms with Crippen molar-refractivity contribution < 1.29 is 13.6 Å². The SMILES string of the molecule is Cc1c(C(=O)Nc2ccc(Br)cc2F)oc2ccc(Cl)cc12. The highest BCUT2D eigenvalue weighted by Crippen LogP contribution is 2.29. The van der Waals surface area contributed by atoms with Gasteiger partial charge in [0.2, 0.25) is 0 Å². The molecule has 2 aromatic carbocycles. The van der Waals surface area contributed by atoms with E-state index in [-0.39, 0.29) is 11.4 Å². The fourth-order valence-corrected chi connectivity index (χ4v) is 2.68. The standard InChI is InChI=1S/C16H10BrClFNO2/c1-8-11-7-10(18)3-5-14(11)22-15(8)16(21)20-13-4-2-9(17)6-12(13)19/h2-7H,1H3,(H,20,21). The van der Waals surface area contributed by atoms with E-state index in [0.29, 0.717) is 20.6 Å². The molecule has 1 heterocycles. The Morgan fingerprint density at radius 1 is 1.27 bits per heavy atom. The van der Waals surface area contributed by atoms with Crippen LogP contribution in [0.15, 0.2) is 45.3 Å². The molecule has 0 spiro atoms. The molecule has 0 aliphatic carbocycles. The maximum absolute atomic E-state index is 13.8. The molecule has 112 valence electrons. The van der Waals surface area contributed by atoms with Crippen LogP contribution in [0.2, 0.25) is 5.02 Å². The molecule has 0 fully saturated rings. The van der Waals surface area contributed by atoms with Gasteiger partial charge in [-0.2, -0.15) is 0 Å². The van der Waals surface area contributed by atoms with E-state index in [4.69, 9.17) is 16.0 Å². The van der Waals surface area contributed by atoms with E-state index >= 15 is 0 Å². The van der Waals surface area contributed by atoms with Gasteiger partial charge in [0, 0.05) is 20.4 Å². The van der Waals surface area contributed by atoms with Gasteiger partial charge in [0.15, 0.2) is 5.76 Å². The highest BCUT2D eigenvalue weighted by atomic mass is 79.9. The van der Waals surface area contributed by atoms with Crippen molar-refractivity contribution in [1.29, 1.82) is 0 Å². The molecule has 1 amide bonds. The maximum atomic E-state index is 13.8. The van der Waals surface area contributed by atoms with Crippen molar-refractivity contribution in [2.45, 2.75) is 6.92 Å². The zero-order chi connectivity index (χ0) is 15.9. The lowest BCUT2D eigenvalue weighted by Gasteiger charge is -2.05. The molecule has 0 radical (unpaired) electrons. The Hall–Kier alpha value is -1.85. The van der Waals surface area contributed by atoms with E-state index in [1.54, 1.807) is 31.2 Å². The Morgan fingerprint density at radius 2 is 2.05 bits per heavy atom. The highest BCUT2D eigenvalue weighted by Gasteiger charge is 2.19. The summed E-state index contributed by atoms with van der Waals surface area (Å²) >= 11 is 9.11. The number of aryl methyl sites for hydroxylation is 1. The van der Waals surface area contributed by atoms with Crippen molar-refractivity contribution in [1.82, 2.24) is 0 Å². The van der Waals surface area contributed by atoms with Crippen molar-refractivity contribution in [3.05, 3.63) is 63.0 Å². The van der Waals surface area contributed by atoms with Crippen LogP contribution in [0.5, 0.6) is 0 Å². The number of fused-ring (bicyclic) bond motifs is 1. The van der Waals surface area contributed by atoms with Crippen LogP contribution in [0.25, 0.3) is 11.0 Å². The summed E-state index contributed by atoms with van der Waals surface area (Å²) in [6.07, 6.45) is 0. The Balaban J connectivity index is 1.97. The van der Waals surface area contributed by atoms with Crippen LogP contribution < -0.4 is 5.32 Å². The summed E-state index contributed by atoms with van der Waals surface area (Å²) in [4.78, 5) is 12.3. The third kappa shape index (κ3) is 2.74. The Bertz CT molecular complexity index is 891. The quantitative estimate of drug-likeness (QED) is 0.631. The molecular formula is C16H10BrClFNO2. The number of benzene rings is 2. The summed E-state index contributed by atoms with van der Waals surface area (Å²) in [5, 5.41) is 3.82. The number of furan rings is 1. The second-order valence-electron chi connectivity index (χ2n) is 4.77. The molecular weight excluding hydrogens is 373 g/mol. The number of carbonyl (C=O) groups excluding carboxylic acids is 1. The van der Waals surface area contributed by atoms with Crippen LogP contribution in [-0.2, 0) is 0 Å². The zero-order valence-corrected chi connectivity index (χ0v) is 13.8. The van der Waals surface area contributed by atoms with Gasteiger partial charge in [0.1, 0.15) is 11.4 Å². The van der Waals surface area contributed by atoms with Crippen molar-refractivity contribution >= 4 is 50.1 Å². The minimum absolute atomic E-state index is 0.0890. The van der Waals surface area contributed by atoms with E-state index in [9.17, 15) is 9.18 Å². The number of amides is 1. The second-order valence-corrected chi connectivity index (χ2v) is 6.13. The molecule has 0 atom stereocenters. The number of halogens is 3. The number of hydrogen-bond acceptors (Lipinski definition) is 2. The van der Waals surface area contributed by atoms with Crippen LogP contribution in [0, 0.1) is 12.7 Å². The lowest BCUT2D eigenvalue weighted by Crippen LogP contribution is -2.13. The molecule has 0 aliphatic rings.